The zero-order valence-corrected chi connectivity index (χ0v) is 27.3. The Hall–Kier alpha value is -3.09. The van der Waals surface area contributed by atoms with Gasteiger partial charge in [0.15, 0.2) is 0 Å². The van der Waals surface area contributed by atoms with Crippen molar-refractivity contribution < 1.29 is 28.8 Å². The molecule has 13 heteroatoms. The van der Waals surface area contributed by atoms with E-state index in [1.807, 2.05) is 25.7 Å². The number of likely N-dealkylation sites (tertiary alicyclic amines) is 2. The largest absolute Gasteiger partial charge is 0.346 e. The molecule has 12 nitrogen and oxygen atoms in total. The lowest BCUT2D eigenvalue weighted by Gasteiger charge is -2.38. The lowest BCUT2D eigenvalue weighted by molar-refractivity contribution is -0.142. The summed E-state index contributed by atoms with van der Waals surface area (Å²) in [5, 5.41) is 9.44. The highest BCUT2D eigenvalue weighted by molar-refractivity contribution is 7.82. The number of hydrogen-bond acceptors (Lipinski definition) is 7. The molecular formula is C31H50N6O6S. The van der Waals surface area contributed by atoms with Crippen molar-refractivity contribution in [3.05, 3.63) is 12.7 Å². The summed E-state index contributed by atoms with van der Waals surface area (Å²) in [6.45, 7) is 10.5. The third-order valence-corrected chi connectivity index (χ3v) is 9.12. The summed E-state index contributed by atoms with van der Waals surface area (Å²) in [6.07, 6.45) is 9.99. The number of carbonyl (C=O) groups excluding carboxylic acids is 6. The van der Waals surface area contributed by atoms with Crippen molar-refractivity contribution in [1.82, 2.24) is 31.1 Å². The molecule has 4 atom stereocenters. The first kappa shape index (κ1) is 35.4. The molecule has 0 spiro atoms. The number of amides is 6. The SMILES string of the molecule is C=CCNC(=O)C(=O)C(S)NC(=O)[C@@H]1CCCN1C(=O)[C@@H](NC(=O)N[C@H](CN1CCCCC1=O)C1CCCCC1)C(C)(C)C. The van der Waals surface area contributed by atoms with Crippen molar-refractivity contribution in [1.29, 1.82) is 0 Å². The molecule has 3 rings (SSSR count). The van der Waals surface area contributed by atoms with Crippen molar-refractivity contribution in [2.45, 2.75) is 108 Å². The van der Waals surface area contributed by atoms with E-state index in [0.29, 0.717) is 38.9 Å². The first-order chi connectivity index (χ1) is 20.8. The molecule has 2 aliphatic heterocycles. The van der Waals surface area contributed by atoms with E-state index in [0.717, 1.165) is 44.9 Å². The Morgan fingerprint density at radius 2 is 1.66 bits per heavy atom. The first-order valence-corrected chi connectivity index (χ1v) is 16.4. The van der Waals surface area contributed by atoms with Crippen LogP contribution in [0.5, 0.6) is 0 Å². The van der Waals surface area contributed by atoms with E-state index in [-0.39, 0.29) is 24.4 Å². The van der Waals surface area contributed by atoms with Gasteiger partial charge in [-0.05, 0) is 49.9 Å². The molecule has 2 heterocycles. The predicted octanol–water partition coefficient (Wildman–Crippen LogP) is 1.90. The molecule has 246 valence electrons. The molecule has 0 aromatic carbocycles. The summed E-state index contributed by atoms with van der Waals surface area (Å²) in [6, 6.07) is -2.54. The van der Waals surface area contributed by atoms with Gasteiger partial charge in [-0.3, -0.25) is 24.0 Å². The number of urea groups is 1. The van der Waals surface area contributed by atoms with Crippen LogP contribution in [0.25, 0.3) is 0 Å². The van der Waals surface area contributed by atoms with E-state index in [1.54, 1.807) is 0 Å². The molecule has 0 aromatic rings. The topological polar surface area (TPSA) is 157 Å². The lowest BCUT2D eigenvalue weighted by Crippen LogP contribution is -2.61. The van der Waals surface area contributed by atoms with E-state index < -0.39 is 52.4 Å². The van der Waals surface area contributed by atoms with Gasteiger partial charge in [-0.1, -0.05) is 46.1 Å². The molecule has 0 aromatic heterocycles. The number of thiol groups is 1. The number of hydrogen-bond donors (Lipinski definition) is 5. The fraction of sp³-hybridized carbons (Fsp3) is 0.742. The monoisotopic (exact) mass is 634 g/mol. The number of nitrogens with one attached hydrogen (secondary N) is 4. The Morgan fingerprint density at radius 3 is 2.30 bits per heavy atom. The molecular weight excluding hydrogens is 584 g/mol. The second kappa shape index (κ2) is 16.3. The Bertz CT molecular complexity index is 1090. The smallest absolute Gasteiger partial charge is 0.315 e. The van der Waals surface area contributed by atoms with Gasteiger partial charge in [0, 0.05) is 32.6 Å². The van der Waals surface area contributed by atoms with Crippen LogP contribution in [-0.2, 0) is 24.0 Å². The number of rotatable bonds is 12. The molecule has 0 radical (unpaired) electrons. The van der Waals surface area contributed by atoms with Gasteiger partial charge >= 0.3 is 6.03 Å². The van der Waals surface area contributed by atoms with Gasteiger partial charge in [0.25, 0.3) is 11.7 Å². The van der Waals surface area contributed by atoms with E-state index >= 15 is 0 Å². The van der Waals surface area contributed by atoms with Gasteiger partial charge < -0.3 is 31.1 Å². The van der Waals surface area contributed by atoms with Crippen LogP contribution in [0.3, 0.4) is 0 Å². The van der Waals surface area contributed by atoms with E-state index in [4.69, 9.17) is 0 Å². The standard InChI is InChI=1S/C31H50N6O6S/c1-5-16-32-27(41)24(39)28(44)35-26(40)22-14-11-18-37(22)29(42)25(31(2,3)4)34-30(43)33-21(20-12-7-6-8-13-20)19-36-17-10-9-15-23(36)38/h5,20-22,25,28,44H,1,6-19H2,2-4H3,(H,32,41)(H,35,40)(H2,33,34,43)/t21-,22+,25-,28?/m1/s1. The van der Waals surface area contributed by atoms with Crippen LogP contribution in [0.1, 0.15) is 85.0 Å². The van der Waals surface area contributed by atoms with Crippen LogP contribution in [0.4, 0.5) is 4.79 Å². The average molecular weight is 635 g/mol. The van der Waals surface area contributed by atoms with E-state index in [1.165, 1.54) is 11.0 Å². The van der Waals surface area contributed by atoms with Gasteiger partial charge in [0.1, 0.15) is 17.5 Å². The third-order valence-electron chi connectivity index (χ3n) is 8.76. The van der Waals surface area contributed by atoms with Gasteiger partial charge in [-0.25, -0.2) is 4.79 Å². The maximum absolute atomic E-state index is 13.9. The number of carbonyl (C=O) groups is 6. The molecule has 3 aliphatic rings. The van der Waals surface area contributed by atoms with Crippen LogP contribution in [0.2, 0.25) is 0 Å². The fourth-order valence-electron chi connectivity index (χ4n) is 6.27. The number of nitrogens with zero attached hydrogens (tertiary/aromatic N) is 2. The van der Waals surface area contributed by atoms with Crippen LogP contribution in [0, 0.1) is 11.3 Å². The van der Waals surface area contributed by atoms with Crippen LogP contribution in [0.15, 0.2) is 12.7 Å². The minimum absolute atomic E-state index is 0.0937. The Labute approximate surface area is 266 Å². The van der Waals surface area contributed by atoms with Crippen molar-refractivity contribution in [2.75, 3.05) is 26.2 Å². The quantitative estimate of drug-likeness (QED) is 0.0956. The Kier molecular flexibility index (Phi) is 13.1. The van der Waals surface area contributed by atoms with Crippen LogP contribution < -0.4 is 21.3 Å². The van der Waals surface area contributed by atoms with Crippen molar-refractivity contribution in [2.24, 2.45) is 11.3 Å². The molecule has 0 bridgehead atoms. The first-order valence-electron chi connectivity index (χ1n) is 15.9. The maximum Gasteiger partial charge on any atom is 0.315 e. The fourth-order valence-corrected chi connectivity index (χ4v) is 6.52. The average Bonchev–Trinajstić information content (AvgIpc) is 3.49. The second-order valence-corrected chi connectivity index (χ2v) is 13.7. The predicted molar refractivity (Wildman–Crippen MR) is 170 cm³/mol. The van der Waals surface area contributed by atoms with Crippen molar-refractivity contribution in [3.8, 4) is 0 Å². The molecule has 1 saturated carbocycles. The molecule has 44 heavy (non-hydrogen) atoms. The Balaban J connectivity index is 1.68. The molecule has 1 unspecified atom stereocenters. The zero-order chi connectivity index (χ0) is 32.4. The third kappa shape index (κ3) is 9.70. The van der Waals surface area contributed by atoms with E-state index in [2.05, 4.69) is 40.5 Å². The molecule has 1 aliphatic carbocycles. The number of Topliss-reactive ketones (excluding diaryl/α,β-unsaturated/α-hetero) is 1. The highest BCUT2D eigenvalue weighted by Crippen LogP contribution is 2.29. The van der Waals surface area contributed by atoms with Crippen molar-refractivity contribution >= 4 is 48.1 Å². The minimum Gasteiger partial charge on any atom is -0.346 e. The van der Waals surface area contributed by atoms with Crippen molar-refractivity contribution in [3.63, 3.8) is 0 Å². The Morgan fingerprint density at radius 1 is 0.955 bits per heavy atom. The molecule has 4 N–H and O–H groups in total. The van der Waals surface area contributed by atoms with Gasteiger partial charge in [-0.15, -0.1) is 19.2 Å². The van der Waals surface area contributed by atoms with Gasteiger partial charge in [0.05, 0.1) is 6.04 Å². The molecule has 2 saturated heterocycles. The molecule has 3 fully saturated rings. The summed E-state index contributed by atoms with van der Waals surface area (Å²) in [5.74, 6) is -2.47. The molecule has 6 amide bonds. The highest BCUT2D eigenvalue weighted by Gasteiger charge is 2.43. The van der Waals surface area contributed by atoms with Crippen LogP contribution in [-0.4, -0.2) is 94.9 Å². The second-order valence-electron chi connectivity index (χ2n) is 13.2. The summed E-state index contributed by atoms with van der Waals surface area (Å²) in [4.78, 5) is 80.8. The summed E-state index contributed by atoms with van der Waals surface area (Å²) in [5.41, 5.74) is -0.688. The van der Waals surface area contributed by atoms with Crippen LogP contribution >= 0.6 is 12.6 Å². The number of ketones is 1. The minimum atomic E-state index is -1.38. The van der Waals surface area contributed by atoms with E-state index in [9.17, 15) is 28.8 Å². The van der Waals surface area contributed by atoms with Gasteiger partial charge in [-0.2, -0.15) is 0 Å². The zero-order valence-electron chi connectivity index (χ0n) is 26.4. The summed E-state index contributed by atoms with van der Waals surface area (Å²) in [7, 11) is 0. The highest BCUT2D eigenvalue weighted by atomic mass is 32.1. The lowest BCUT2D eigenvalue weighted by atomic mass is 9.83. The normalized spacial score (nSPS) is 21.5. The number of piperidine rings is 1. The summed E-state index contributed by atoms with van der Waals surface area (Å²) >= 11 is 4.10. The summed E-state index contributed by atoms with van der Waals surface area (Å²) < 4.78 is 0. The van der Waals surface area contributed by atoms with Gasteiger partial charge in [0.2, 0.25) is 17.7 Å². The maximum atomic E-state index is 13.9.